The van der Waals surface area contributed by atoms with Crippen LogP contribution in [0.5, 0.6) is 5.88 Å². The smallest absolute Gasteiger partial charge is 0.271 e. The Labute approximate surface area is 177 Å². The van der Waals surface area contributed by atoms with Gasteiger partial charge in [0.05, 0.1) is 5.69 Å². The summed E-state index contributed by atoms with van der Waals surface area (Å²) >= 11 is 0. The molecule has 2 amide bonds. The van der Waals surface area contributed by atoms with E-state index >= 15 is 0 Å². The van der Waals surface area contributed by atoms with Crippen LogP contribution in [0.15, 0.2) is 65.5 Å². The zero-order chi connectivity index (χ0) is 22.4. The first kappa shape index (κ1) is 21.7. The molecule has 0 aliphatic rings. The Kier molecular flexibility index (Phi) is 6.76. The number of carbonyl (C=O) groups is 2. The molecular weight excluding hydrogens is 403 g/mol. The molecule has 9 heteroatoms. The minimum absolute atomic E-state index is 0.0759. The molecule has 2 N–H and O–H groups in total. The summed E-state index contributed by atoms with van der Waals surface area (Å²) in [6.45, 7) is 3.19. The van der Waals surface area contributed by atoms with E-state index in [1.165, 1.54) is 43.3 Å². The fourth-order valence-corrected chi connectivity index (χ4v) is 2.76. The lowest BCUT2D eigenvalue weighted by Gasteiger charge is -2.17. The highest BCUT2D eigenvalue weighted by Crippen LogP contribution is 2.16. The van der Waals surface area contributed by atoms with Crippen molar-refractivity contribution in [1.29, 1.82) is 0 Å². The van der Waals surface area contributed by atoms with E-state index in [0.717, 1.165) is 4.68 Å². The van der Waals surface area contributed by atoms with Crippen LogP contribution in [0, 0.1) is 5.82 Å². The van der Waals surface area contributed by atoms with Crippen molar-refractivity contribution < 1.29 is 18.7 Å². The van der Waals surface area contributed by atoms with Crippen molar-refractivity contribution in [3.8, 4) is 11.6 Å². The molecule has 160 valence electrons. The number of aromatic nitrogens is 2. The first-order chi connectivity index (χ1) is 14.9. The quantitative estimate of drug-likeness (QED) is 0.607. The van der Waals surface area contributed by atoms with E-state index in [1.54, 1.807) is 31.2 Å². The van der Waals surface area contributed by atoms with E-state index in [0.29, 0.717) is 23.5 Å². The van der Waals surface area contributed by atoms with Gasteiger partial charge < -0.3 is 15.4 Å². The average Bonchev–Trinajstić information content (AvgIpc) is 2.74. The summed E-state index contributed by atoms with van der Waals surface area (Å²) in [5.41, 5.74) is 1.09. The Morgan fingerprint density at radius 2 is 1.61 bits per heavy atom. The molecular formula is C22H21FN4O4. The zero-order valence-electron chi connectivity index (χ0n) is 17.0. The van der Waals surface area contributed by atoms with Crippen molar-refractivity contribution in [1.82, 2.24) is 9.78 Å². The number of amides is 2. The molecule has 0 unspecified atom stereocenters. The average molecular weight is 424 g/mol. The number of ether oxygens (including phenoxy) is 1. The Balaban J connectivity index is 1.72. The first-order valence-corrected chi connectivity index (χ1v) is 9.57. The van der Waals surface area contributed by atoms with Crippen LogP contribution in [0.2, 0.25) is 0 Å². The van der Waals surface area contributed by atoms with Crippen LogP contribution in [0.3, 0.4) is 0 Å². The van der Waals surface area contributed by atoms with Crippen LogP contribution in [0.4, 0.5) is 15.8 Å². The van der Waals surface area contributed by atoms with E-state index in [2.05, 4.69) is 15.7 Å². The van der Waals surface area contributed by atoms with Gasteiger partial charge in [-0.25, -0.2) is 4.39 Å². The first-order valence-electron chi connectivity index (χ1n) is 9.57. The Morgan fingerprint density at radius 1 is 1.00 bits per heavy atom. The lowest BCUT2D eigenvalue weighted by molar-refractivity contribution is -0.123. The number of halogens is 1. The molecule has 3 rings (SSSR count). The SMILES string of the molecule is CC[C@H](Oc1ccc(=O)n(-c2ccc(F)cc2)n1)C(=O)Nc1ccc(NC(C)=O)cc1. The predicted octanol–water partition coefficient (Wildman–Crippen LogP) is 3.13. The summed E-state index contributed by atoms with van der Waals surface area (Å²) < 4.78 is 19.9. The molecule has 3 aromatic rings. The van der Waals surface area contributed by atoms with Gasteiger partial charge in [0, 0.05) is 30.4 Å². The van der Waals surface area contributed by atoms with Gasteiger partial charge in [0.2, 0.25) is 11.8 Å². The molecule has 1 heterocycles. The predicted molar refractivity (Wildman–Crippen MR) is 114 cm³/mol. The highest BCUT2D eigenvalue weighted by Gasteiger charge is 2.20. The minimum Gasteiger partial charge on any atom is -0.463 e. The van der Waals surface area contributed by atoms with Crippen molar-refractivity contribution in [3.63, 3.8) is 0 Å². The third-order valence-corrected chi connectivity index (χ3v) is 4.25. The molecule has 0 spiro atoms. The lowest BCUT2D eigenvalue weighted by atomic mass is 10.2. The highest BCUT2D eigenvalue weighted by molar-refractivity contribution is 5.95. The van der Waals surface area contributed by atoms with Crippen LogP contribution in [-0.2, 0) is 9.59 Å². The molecule has 8 nitrogen and oxygen atoms in total. The third-order valence-electron chi connectivity index (χ3n) is 4.25. The second kappa shape index (κ2) is 9.66. The summed E-state index contributed by atoms with van der Waals surface area (Å²) in [5.74, 6) is -0.939. The van der Waals surface area contributed by atoms with Crippen LogP contribution >= 0.6 is 0 Å². The van der Waals surface area contributed by atoms with E-state index in [4.69, 9.17) is 4.74 Å². The number of carbonyl (C=O) groups excluding carboxylic acids is 2. The second-order valence-electron chi connectivity index (χ2n) is 6.66. The number of anilines is 2. The van der Waals surface area contributed by atoms with Gasteiger partial charge in [-0.15, -0.1) is 5.10 Å². The van der Waals surface area contributed by atoms with Gasteiger partial charge in [0.1, 0.15) is 5.82 Å². The molecule has 0 saturated carbocycles. The molecule has 1 aromatic heterocycles. The highest BCUT2D eigenvalue weighted by atomic mass is 19.1. The van der Waals surface area contributed by atoms with Crippen molar-refractivity contribution in [3.05, 3.63) is 76.8 Å². The van der Waals surface area contributed by atoms with Crippen molar-refractivity contribution in [2.45, 2.75) is 26.4 Å². The normalized spacial score (nSPS) is 11.5. The summed E-state index contributed by atoms with van der Waals surface area (Å²) in [6, 6.07) is 14.6. The third kappa shape index (κ3) is 5.75. The zero-order valence-corrected chi connectivity index (χ0v) is 17.0. The molecule has 0 bridgehead atoms. The Morgan fingerprint density at radius 3 is 2.19 bits per heavy atom. The molecule has 0 saturated heterocycles. The van der Waals surface area contributed by atoms with Gasteiger partial charge in [0.25, 0.3) is 11.5 Å². The van der Waals surface area contributed by atoms with Gasteiger partial charge in [-0.1, -0.05) is 6.92 Å². The van der Waals surface area contributed by atoms with E-state index in [-0.39, 0.29) is 11.8 Å². The number of nitrogens with one attached hydrogen (secondary N) is 2. The second-order valence-corrected chi connectivity index (χ2v) is 6.66. The number of nitrogens with zero attached hydrogens (tertiary/aromatic N) is 2. The van der Waals surface area contributed by atoms with Crippen LogP contribution < -0.4 is 20.9 Å². The fourth-order valence-electron chi connectivity index (χ4n) is 2.76. The lowest BCUT2D eigenvalue weighted by Crippen LogP contribution is -2.33. The van der Waals surface area contributed by atoms with E-state index in [1.807, 2.05) is 0 Å². The van der Waals surface area contributed by atoms with Gasteiger partial charge in [-0.3, -0.25) is 14.4 Å². The molecule has 0 aliphatic heterocycles. The number of hydrogen-bond acceptors (Lipinski definition) is 5. The van der Waals surface area contributed by atoms with Gasteiger partial charge in [-0.2, -0.15) is 4.68 Å². The summed E-state index contributed by atoms with van der Waals surface area (Å²) in [7, 11) is 0. The molecule has 31 heavy (non-hydrogen) atoms. The van der Waals surface area contributed by atoms with Crippen molar-refractivity contribution in [2.75, 3.05) is 10.6 Å². The number of hydrogen-bond donors (Lipinski definition) is 2. The minimum atomic E-state index is -0.860. The Bertz CT molecular complexity index is 1130. The molecule has 0 radical (unpaired) electrons. The number of benzene rings is 2. The van der Waals surface area contributed by atoms with Gasteiger partial charge in [0.15, 0.2) is 6.10 Å². The standard InChI is InChI=1S/C22H21FN4O4/c1-3-19(22(30)25-17-8-6-16(7-9-17)24-14(2)28)31-20-12-13-21(29)27(26-20)18-10-4-15(23)5-11-18/h4-13,19H,3H2,1-2H3,(H,24,28)(H,25,30)/t19-/m0/s1. The molecule has 0 aliphatic carbocycles. The van der Waals surface area contributed by atoms with Gasteiger partial charge in [-0.05, 0) is 55.0 Å². The Hall–Kier alpha value is -4.01. The van der Waals surface area contributed by atoms with Crippen LogP contribution in [0.25, 0.3) is 5.69 Å². The molecule has 2 aromatic carbocycles. The van der Waals surface area contributed by atoms with Crippen molar-refractivity contribution >= 4 is 23.2 Å². The maximum atomic E-state index is 13.2. The summed E-state index contributed by atoms with van der Waals surface area (Å²) in [6.07, 6.45) is -0.505. The molecule has 0 fully saturated rings. The summed E-state index contributed by atoms with van der Waals surface area (Å²) in [4.78, 5) is 35.8. The summed E-state index contributed by atoms with van der Waals surface area (Å²) in [5, 5.41) is 9.52. The topological polar surface area (TPSA) is 102 Å². The maximum absolute atomic E-state index is 13.2. The molecule has 1 atom stereocenters. The largest absolute Gasteiger partial charge is 0.463 e. The van der Waals surface area contributed by atoms with Gasteiger partial charge >= 0.3 is 0 Å². The maximum Gasteiger partial charge on any atom is 0.271 e. The van der Waals surface area contributed by atoms with E-state index in [9.17, 15) is 18.8 Å². The van der Waals surface area contributed by atoms with E-state index < -0.39 is 23.4 Å². The van der Waals surface area contributed by atoms with Crippen LogP contribution in [0.1, 0.15) is 20.3 Å². The number of rotatable bonds is 7. The fraction of sp³-hybridized carbons (Fsp3) is 0.182. The monoisotopic (exact) mass is 424 g/mol. The van der Waals surface area contributed by atoms with Crippen LogP contribution in [-0.4, -0.2) is 27.7 Å². The van der Waals surface area contributed by atoms with Crippen molar-refractivity contribution in [2.24, 2.45) is 0 Å².